The molecular formula is C23H24ClFN2O6S. The van der Waals surface area contributed by atoms with Crippen molar-refractivity contribution < 1.29 is 31.9 Å². The summed E-state index contributed by atoms with van der Waals surface area (Å²) in [6.45, 7) is -0.308. The second-order valence-electron chi connectivity index (χ2n) is 8.48. The van der Waals surface area contributed by atoms with Crippen molar-refractivity contribution in [1.29, 1.82) is 0 Å². The Balaban J connectivity index is 1.39. The van der Waals surface area contributed by atoms with Crippen molar-refractivity contribution >= 4 is 33.4 Å². The molecule has 8 nitrogen and oxygen atoms in total. The quantitative estimate of drug-likeness (QED) is 0.614. The molecule has 3 atom stereocenters. The number of hydrogen-bond donors (Lipinski definition) is 1. The summed E-state index contributed by atoms with van der Waals surface area (Å²) in [6, 6.07) is 10.1. The zero-order valence-corrected chi connectivity index (χ0v) is 19.9. The third-order valence-corrected chi connectivity index (χ3v) is 6.70. The summed E-state index contributed by atoms with van der Waals surface area (Å²) in [6.07, 6.45) is 3.80. The largest absolute Gasteiger partial charge is 0.490 e. The highest BCUT2D eigenvalue weighted by atomic mass is 35.5. The molecule has 2 aliphatic heterocycles. The van der Waals surface area contributed by atoms with Gasteiger partial charge >= 0.3 is 0 Å². The number of carbonyl (C=O) groups excluding carboxylic acids is 2. The third-order valence-electron chi connectivity index (χ3n) is 5.91. The monoisotopic (exact) mass is 510 g/mol. The van der Waals surface area contributed by atoms with Crippen LogP contribution in [0.15, 0.2) is 42.5 Å². The Morgan fingerprint density at radius 1 is 1.12 bits per heavy atom. The summed E-state index contributed by atoms with van der Waals surface area (Å²) < 4.78 is 49.5. The van der Waals surface area contributed by atoms with Crippen LogP contribution in [0.1, 0.15) is 36.0 Å². The molecule has 2 heterocycles. The maximum Gasteiger partial charge on any atom is 0.268 e. The van der Waals surface area contributed by atoms with Gasteiger partial charge in [-0.05, 0) is 55.3 Å². The molecule has 0 aliphatic carbocycles. The predicted molar refractivity (Wildman–Crippen MR) is 123 cm³/mol. The third kappa shape index (κ3) is 5.79. The van der Waals surface area contributed by atoms with Gasteiger partial charge in [-0.2, -0.15) is 0 Å². The number of carbonyl (C=O) groups is 2. The number of rotatable bonds is 7. The van der Waals surface area contributed by atoms with Crippen LogP contribution >= 0.6 is 11.6 Å². The molecule has 11 heteroatoms. The van der Waals surface area contributed by atoms with E-state index in [2.05, 4.69) is 0 Å². The van der Waals surface area contributed by atoms with Gasteiger partial charge in [0.05, 0.1) is 11.8 Å². The van der Waals surface area contributed by atoms with Gasteiger partial charge in [0.15, 0.2) is 6.61 Å². The molecule has 0 radical (unpaired) electrons. The maximum atomic E-state index is 13.1. The van der Waals surface area contributed by atoms with Crippen molar-refractivity contribution in [1.82, 2.24) is 9.62 Å². The van der Waals surface area contributed by atoms with E-state index in [1.165, 1.54) is 30.3 Å². The minimum absolute atomic E-state index is 0.00137. The number of amides is 2. The minimum atomic E-state index is -3.79. The topological polar surface area (TPSA) is 102 Å². The van der Waals surface area contributed by atoms with Gasteiger partial charge in [-0.25, -0.2) is 17.5 Å². The van der Waals surface area contributed by atoms with E-state index in [1.807, 2.05) is 9.62 Å². The first-order valence-corrected chi connectivity index (χ1v) is 13.0. The Kier molecular flexibility index (Phi) is 6.99. The van der Waals surface area contributed by atoms with Gasteiger partial charge in [-0.15, -0.1) is 0 Å². The Labute approximate surface area is 202 Å². The fourth-order valence-electron chi connectivity index (χ4n) is 4.58. The average Bonchev–Trinajstić information content (AvgIpc) is 3.03. The molecule has 4 rings (SSSR count). The fraction of sp³-hybridized carbons (Fsp3) is 0.391. The molecule has 0 aromatic heterocycles. The number of hydrogen-bond acceptors (Lipinski definition) is 6. The number of nitrogens with zero attached hydrogens (tertiary/aromatic N) is 1. The van der Waals surface area contributed by atoms with Crippen LogP contribution < -0.4 is 14.2 Å². The van der Waals surface area contributed by atoms with E-state index in [1.54, 1.807) is 12.1 Å². The van der Waals surface area contributed by atoms with E-state index in [9.17, 15) is 22.4 Å². The molecule has 0 saturated carbocycles. The summed E-state index contributed by atoms with van der Waals surface area (Å²) in [5.41, 5.74) is -0.0832. The number of halogens is 2. The van der Waals surface area contributed by atoms with Crippen molar-refractivity contribution in [2.45, 2.75) is 43.9 Å². The smallest absolute Gasteiger partial charge is 0.268 e. The standard InChI is InChI=1S/C23H24ClFN2O6S/c1-34(30,31)26-23(29)20-10-14(24)2-9-21(20)32-13-22(28)27-16-5-6-17(27)12-19(11-16)33-18-7-3-15(25)4-8-18/h2-4,7-10,16-17,19H,5-6,11-13H2,1H3,(H,26,29)/t16-,17+,19?. The fourth-order valence-corrected chi connectivity index (χ4v) is 5.20. The molecule has 2 amide bonds. The molecule has 1 unspecified atom stereocenters. The van der Waals surface area contributed by atoms with Crippen LogP contribution in [0.2, 0.25) is 5.02 Å². The number of sulfonamides is 1. The summed E-state index contributed by atoms with van der Waals surface area (Å²) in [4.78, 5) is 27.2. The summed E-state index contributed by atoms with van der Waals surface area (Å²) >= 11 is 5.95. The lowest BCUT2D eigenvalue weighted by molar-refractivity contribution is -0.139. The van der Waals surface area contributed by atoms with E-state index < -0.39 is 15.9 Å². The van der Waals surface area contributed by atoms with Gasteiger partial charge < -0.3 is 14.4 Å². The molecule has 2 aromatic rings. The Hall–Kier alpha value is -2.85. The molecule has 182 valence electrons. The van der Waals surface area contributed by atoms with Crippen LogP contribution in [0.5, 0.6) is 11.5 Å². The molecule has 2 bridgehead atoms. The lowest BCUT2D eigenvalue weighted by Gasteiger charge is -2.38. The van der Waals surface area contributed by atoms with E-state index in [0.29, 0.717) is 18.6 Å². The van der Waals surface area contributed by atoms with Crippen molar-refractivity contribution in [3.63, 3.8) is 0 Å². The molecule has 0 spiro atoms. The normalized spacial score (nSPS) is 21.7. The number of ether oxygens (including phenoxy) is 2. The Morgan fingerprint density at radius 2 is 1.76 bits per heavy atom. The Morgan fingerprint density at radius 3 is 2.38 bits per heavy atom. The maximum absolute atomic E-state index is 13.1. The van der Waals surface area contributed by atoms with E-state index in [-0.39, 0.29) is 52.9 Å². The van der Waals surface area contributed by atoms with Gasteiger partial charge in [-0.1, -0.05) is 11.6 Å². The van der Waals surface area contributed by atoms with Crippen molar-refractivity contribution in [3.8, 4) is 11.5 Å². The summed E-state index contributed by atoms with van der Waals surface area (Å²) in [5.74, 6) is -0.800. The number of nitrogens with one attached hydrogen (secondary N) is 1. The lowest BCUT2D eigenvalue weighted by Crippen LogP contribution is -2.50. The molecule has 2 aromatic carbocycles. The van der Waals surface area contributed by atoms with Crippen LogP contribution in [0.4, 0.5) is 4.39 Å². The number of piperidine rings is 1. The average molecular weight is 511 g/mol. The first-order valence-electron chi connectivity index (χ1n) is 10.8. The number of fused-ring (bicyclic) bond motifs is 2. The SMILES string of the molecule is CS(=O)(=O)NC(=O)c1cc(Cl)ccc1OCC(=O)N1[C@@H]2CC[C@H]1CC(Oc1ccc(F)cc1)C2. The van der Waals surface area contributed by atoms with E-state index in [4.69, 9.17) is 21.1 Å². The van der Waals surface area contributed by atoms with Crippen molar-refractivity contribution in [3.05, 3.63) is 58.9 Å². The van der Waals surface area contributed by atoms with Gasteiger partial charge in [-0.3, -0.25) is 9.59 Å². The molecule has 34 heavy (non-hydrogen) atoms. The molecule has 2 saturated heterocycles. The van der Waals surface area contributed by atoms with Gasteiger partial charge in [0.1, 0.15) is 23.4 Å². The van der Waals surface area contributed by atoms with Crippen LogP contribution in [0, 0.1) is 5.82 Å². The highest BCUT2D eigenvalue weighted by molar-refractivity contribution is 7.89. The zero-order valence-electron chi connectivity index (χ0n) is 18.4. The summed E-state index contributed by atoms with van der Waals surface area (Å²) in [5, 5.41) is 0.221. The van der Waals surface area contributed by atoms with E-state index in [0.717, 1.165) is 19.1 Å². The highest BCUT2D eigenvalue weighted by Gasteiger charge is 2.44. The van der Waals surface area contributed by atoms with E-state index >= 15 is 0 Å². The molecule has 2 fully saturated rings. The lowest BCUT2D eigenvalue weighted by atomic mass is 9.99. The molecule has 2 aliphatic rings. The van der Waals surface area contributed by atoms with Crippen LogP contribution in [-0.2, 0) is 14.8 Å². The van der Waals surface area contributed by atoms with Gasteiger partial charge in [0.25, 0.3) is 11.8 Å². The van der Waals surface area contributed by atoms with Crippen LogP contribution in [0.25, 0.3) is 0 Å². The number of benzene rings is 2. The first-order chi connectivity index (χ1) is 16.1. The van der Waals surface area contributed by atoms with Gasteiger partial charge in [0.2, 0.25) is 10.0 Å². The minimum Gasteiger partial charge on any atom is -0.490 e. The zero-order chi connectivity index (χ0) is 24.5. The second kappa shape index (κ2) is 9.79. The molecule has 1 N–H and O–H groups in total. The highest BCUT2D eigenvalue weighted by Crippen LogP contribution is 2.37. The first kappa shape index (κ1) is 24.3. The van der Waals surface area contributed by atoms with Crippen molar-refractivity contribution in [2.75, 3.05) is 12.9 Å². The predicted octanol–water partition coefficient (Wildman–Crippen LogP) is 3.15. The van der Waals surface area contributed by atoms with Crippen molar-refractivity contribution in [2.24, 2.45) is 0 Å². The molecular weight excluding hydrogens is 487 g/mol. The van der Waals surface area contributed by atoms with Gasteiger partial charge in [0, 0.05) is 29.9 Å². The Bertz CT molecular complexity index is 1180. The second-order valence-corrected chi connectivity index (χ2v) is 10.7. The van der Waals surface area contributed by atoms with Crippen LogP contribution in [-0.4, -0.2) is 56.2 Å². The summed E-state index contributed by atoms with van der Waals surface area (Å²) in [7, 11) is -3.79. The van der Waals surface area contributed by atoms with Crippen LogP contribution in [0.3, 0.4) is 0 Å².